The Morgan fingerprint density at radius 1 is 1.05 bits per heavy atom. The summed E-state index contributed by atoms with van der Waals surface area (Å²) in [6.07, 6.45) is 0. The lowest BCUT2D eigenvalue weighted by atomic mass is 10.1. The predicted molar refractivity (Wildman–Crippen MR) is 84.5 cm³/mol. The van der Waals surface area contributed by atoms with Crippen LogP contribution in [-0.4, -0.2) is 19.7 Å². The minimum atomic E-state index is -0.316. The third kappa shape index (κ3) is 2.24. The van der Waals surface area contributed by atoms with Gasteiger partial charge in [0.2, 0.25) is 5.95 Å². The number of nitrogens with two attached hydrogens (primary N) is 2. The number of fused-ring (bicyclic) bond motifs is 1. The molecule has 0 bridgehead atoms. The van der Waals surface area contributed by atoms with E-state index in [0.29, 0.717) is 16.7 Å². The van der Waals surface area contributed by atoms with Gasteiger partial charge >= 0.3 is 0 Å². The number of nitrogen functional groups attached to an aromatic ring is 2. The second-order valence-electron chi connectivity index (χ2n) is 6.10. The molecule has 0 amide bonds. The van der Waals surface area contributed by atoms with Gasteiger partial charge in [0, 0.05) is 5.56 Å². The summed E-state index contributed by atoms with van der Waals surface area (Å²) < 4.78 is 14.9. The van der Waals surface area contributed by atoms with Crippen LogP contribution in [0.5, 0.6) is 0 Å². The van der Waals surface area contributed by atoms with Crippen molar-refractivity contribution in [2.45, 2.75) is 26.3 Å². The molecule has 0 fully saturated rings. The zero-order chi connectivity index (χ0) is 16.1. The molecular weight excluding hydrogens is 283 g/mol. The Kier molecular flexibility index (Phi) is 3.01. The van der Waals surface area contributed by atoms with Crippen molar-refractivity contribution < 1.29 is 4.39 Å². The topological polar surface area (TPSA) is 95.6 Å². The van der Waals surface area contributed by atoms with Crippen molar-refractivity contribution in [1.82, 2.24) is 19.7 Å². The summed E-state index contributed by atoms with van der Waals surface area (Å²) in [5.41, 5.74) is 13.3. The van der Waals surface area contributed by atoms with Crippen molar-refractivity contribution in [1.29, 1.82) is 0 Å². The first-order valence-electron chi connectivity index (χ1n) is 6.85. The van der Waals surface area contributed by atoms with Crippen molar-refractivity contribution in [2.75, 3.05) is 11.5 Å². The molecule has 3 aromatic rings. The summed E-state index contributed by atoms with van der Waals surface area (Å²) >= 11 is 0. The number of halogens is 1. The average Bonchev–Trinajstić information content (AvgIpc) is 2.79. The maximum Gasteiger partial charge on any atom is 0.224 e. The molecule has 114 valence electrons. The quantitative estimate of drug-likeness (QED) is 0.720. The van der Waals surface area contributed by atoms with Crippen LogP contribution in [0.15, 0.2) is 24.3 Å². The number of benzene rings is 1. The number of anilines is 2. The molecule has 0 radical (unpaired) electrons. The number of rotatable bonds is 1. The van der Waals surface area contributed by atoms with Gasteiger partial charge in [0.15, 0.2) is 5.65 Å². The van der Waals surface area contributed by atoms with Crippen LogP contribution in [0.1, 0.15) is 20.8 Å². The van der Waals surface area contributed by atoms with Crippen molar-refractivity contribution in [3.05, 3.63) is 30.1 Å². The third-order valence-electron chi connectivity index (χ3n) is 3.33. The highest BCUT2D eigenvalue weighted by molar-refractivity contribution is 5.99. The van der Waals surface area contributed by atoms with E-state index in [0.717, 1.165) is 5.56 Å². The van der Waals surface area contributed by atoms with Crippen LogP contribution in [0.2, 0.25) is 0 Å². The van der Waals surface area contributed by atoms with Crippen molar-refractivity contribution >= 4 is 22.8 Å². The summed E-state index contributed by atoms with van der Waals surface area (Å²) in [7, 11) is 0. The lowest BCUT2D eigenvalue weighted by Gasteiger charge is -2.19. The Balaban J connectivity index is 2.38. The Morgan fingerprint density at radius 2 is 1.68 bits per heavy atom. The second kappa shape index (κ2) is 4.66. The number of hydrogen-bond acceptors (Lipinski definition) is 5. The molecule has 1 aromatic carbocycles. The first kappa shape index (κ1) is 14.2. The van der Waals surface area contributed by atoms with Gasteiger partial charge in [-0.05, 0) is 45.0 Å². The standard InChI is InChI=1S/C15H17FN6/c1-15(2,3)22-13-10(12(17)19-14(18)20-13)11(21-22)8-4-6-9(16)7-5-8/h4-7H,1-3H3,(H4,17,18,19,20). The lowest BCUT2D eigenvalue weighted by Crippen LogP contribution is -2.23. The fourth-order valence-corrected chi connectivity index (χ4v) is 2.34. The number of nitrogens with zero attached hydrogens (tertiary/aromatic N) is 4. The highest BCUT2D eigenvalue weighted by atomic mass is 19.1. The van der Waals surface area contributed by atoms with Crippen molar-refractivity contribution in [2.24, 2.45) is 0 Å². The van der Waals surface area contributed by atoms with Crippen LogP contribution >= 0.6 is 0 Å². The molecule has 0 aliphatic heterocycles. The molecule has 0 saturated heterocycles. The normalized spacial score (nSPS) is 12.0. The second-order valence-corrected chi connectivity index (χ2v) is 6.10. The SMILES string of the molecule is CC(C)(C)n1nc(-c2ccc(F)cc2)c2c(N)nc(N)nc21. The van der Waals surface area contributed by atoms with Gasteiger partial charge in [0.1, 0.15) is 17.3 Å². The molecule has 0 saturated carbocycles. The van der Waals surface area contributed by atoms with Gasteiger partial charge in [-0.1, -0.05) is 0 Å². The van der Waals surface area contributed by atoms with Gasteiger partial charge in [-0.15, -0.1) is 0 Å². The summed E-state index contributed by atoms with van der Waals surface area (Å²) in [4.78, 5) is 8.30. The molecule has 22 heavy (non-hydrogen) atoms. The molecular formula is C15H17FN6. The maximum absolute atomic E-state index is 13.2. The van der Waals surface area contributed by atoms with Crippen LogP contribution in [-0.2, 0) is 5.54 Å². The van der Waals surface area contributed by atoms with Gasteiger partial charge in [0.25, 0.3) is 0 Å². The monoisotopic (exact) mass is 300 g/mol. The largest absolute Gasteiger partial charge is 0.383 e. The predicted octanol–water partition coefficient (Wildman–Crippen LogP) is 2.55. The molecule has 0 unspecified atom stereocenters. The van der Waals surface area contributed by atoms with Gasteiger partial charge in [-0.2, -0.15) is 15.1 Å². The number of hydrogen-bond donors (Lipinski definition) is 2. The Morgan fingerprint density at radius 3 is 2.27 bits per heavy atom. The number of aromatic nitrogens is 4. The van der Waals surface area contributed by atoms with Gasteiger partial charge in [0.05, 0.1) is 10.9 Å². The zero-order valence-electron chi connectivity index (χ0n) is 12.6. The molecule has 7 heteroatoms. The van der Waals surface area contributed by atoms with E-state index in [9.17, 15) is 4.39 Å². The zero-order valence-corrected chi connectivity index (χ0v) is 12.6. The third-order valence-corrected chi connectivity index (χ3v) is 3.33. The van der Waals surface area contributed by atoms with E-state index >= 15 is 0 Å². The minimum Gasteiger partial charge on any atom is -0.383 e. The summed E-state index contributed by atoms with van der Waals surface area (Å²) in [6, 6.07) is 6.07. The van der Waals surface area contributed by atoms with Crippen LogP contribution in [0, 0.1) is 5.82 Å². The van der Waals surface area contributed by atoms with E-state index in [-0.39, 0.29) is 23.1 Å². The summed E-state index contributed by atoms with van der Waals surface area (Å²) in [6.45, 7) is 6.01. The van der Waals surface area contributed by atoms with E-state index in [1.165, 1.54) is 12.1 Å². The molecule has 2 aromatic heterocycles. The van der Waals surface area contributed by atoms with Crippen LogP contribution in [0.25, 0.3) is 22.3 Å². The molecule has 2 heterocycles. The smallest absolute Gasteiger partial charge is 0.224 e. The highest BCUT2D eigenvalue weighted by Crippen LogP contribution is 2.33. The maximum atomic E-state index is 13.2. The fourth-order valence-electron chi connectivity index (χ4n) is 2.34. The molecule has 6 nitrogen and oxygen atoms in total. The van der Waals surface area contributed by atoms with E-state index in [1.807, 2.05) is 20.8 Å². The molecule has 0 aliphatic carbocycles. The van der Waals surface area contributed by atoms with Gasteiger partial charge in [-0.25, -0.2) is 9.07 Å². The molecule has 0 aliphatic rings. The molecule has 0 atom stereocenters. The van der Waals surface area contributed by atoms with Gasteiger partial charge < -0.3 is 11.5 Å². The first-order valence-corrected chi connectivity index (χ1v) is 6.85. The molecule has 4 N–H and O–H groups in total. The van der Waals surface area contributed by atoms with E-state index in [1.54, 1.807) is 16.8 Å². The van der Waals surface area contributed by atoms with E-state index in [2.05, 4.69) is 15.1 Å². The molecule has 3 rings (SSSR count). The lowest BCUT2D eigenvalue weighted by molar-refractivity contribution is 0.367. The molecule has 0 spiro atoms. The van der Waals surface area contributed by atoms with Crippen LogP contribution in [0.3, 0.4) is 0 Å². The summed E-state index contributed by atoms with van der Waals surface area (Å²) in [5, 5.41) is 5.24. The van der Waals surface area contributed by atoms with E-state index in [4.69, 9.17) is 11.5 Å². The van der Waals surface area contributed by atoms with Crippen LogP contribution < -0.4 is 11.5 Å². The van der Waals surface area contributed by atoms with Gasteiger partial charge in [-0.3, -0.25) is 0 Å². The summed E-state index contributed by atoms with van der Waals surface area (Å²) in [5.74, 6) is 0.0511. The van der Waals surface area contributed by atoms with Crippen LogP contribution in [0.4, 0.5) is 16.2 Å². The fraction of sp³-hybridized carbons (Fsp3) is 0.267. The Bertz CT molecular complexity index is 845. The minimum absolute atomic E-state index is 0.0982. The van der Waals surface area contributed by atoms with E-state index < -0.39 is 0 Å². The Labute approximate surface area is 127 Å². The highest BCUT2D eigenvalue weighted by Gasteiger charge is 2.24. The first-order chi connectivity index (χ1) is 10.3. The van der Waals surface area contributed by atoms with Crippen molar-refractivity contribution in [3.63, 3.8) is 0 Å². The Hall–Kier alpha value is -2.70. The van der Waals surface area contributed by atoms with Crippen molar-refractivity contribution in [3.8, 4) is 11.3 Å². The average molecular weight is 300 g/mol.